The largest absolute Gasteiger partial charge is 0.462 e. The van der Waals surface area contributed by atoms with E-state index in [4.69, 9.17) is 15.2 Å². The first kappa shape index (κ1) is 14.9. The minimum atomic E-state index is -0.366. The zero-order valence-corrected chi connectivity index (χ0v) is 11.6. The Morgan fingerprint density at radius 1 is 1.44 bits per heavy atom. The fourth-order valence-corrected chi connectivity index (χ4v) is 2.36. The van der Waals surface area contributed by atoms with Gasteiger partial charge in [-0.3, -0.25) is 0 Å². The molecule has 100 valence electrons. The number of benzene rings is 1. The number of anilines is 1. The number of rotatable bonds is 7. The summed E-state index contributed by atoms with van der Waals surface area (Å²) in [5, 5.41) is 0. The van der Waals surface area contributed by atoms with Gasteiger partial charge in [0, 0.05) is 24.4 Å². The molecule has 18 heavy (non-hydrogen) atoms. The lowest BCUT2D eigenvalue weighted by Crippen LogP contribution is -2.08. The number of thioether (sulfide) groups is 1. The van der Waals surface area contributed by atoms with Gasteiger partial charge in [0.25, 0.3) is 0 Å². The molecule has 0 aliphatic heterocycles. The van der Waals surface area contributed by atoms with Gasteiger partial charge in [-0.15, -0.1) is 11.8 Å². The molecule has 0 radical (unpaired) electrons. The predicted molar refractivity (Wildman–Crippen MR) is 74.0 cm³/mol. The smallest absolute Gasteiger partial charge is 0.340 e. The van der Waals surface area contributed by atoms with E-state index in [1.165, 1.54) is 0 Å². The summed E-state index contributed by atoms with van der Waals surface area (Å²) in [7, 11) is 1.68. The molecule has 0 saturated carbocycles. The molecule has 0 fully saturated rings. The van der Waals surface area contributed by atoms with Gasteiger partial charge in [0.05, 0.1) is 17.9 Å². The predicted octanol–water partition coefficient (Wildman–Crippen LogP) is 2.57. The third-order valence-electron chi connectivity index (χ3n) is 2.31. The molecule has 0 aliphatic rings. The molecular weight excluding hydrogens is 250 g/mol. The molecule has 0 bridgehead atoms. The Balaban J connectivity index is 2.69. The summed E-state index contributed by atoms with van der Waals surface area (Å²) < 4.78 is 9.94. The van der Waals surface area contributed by atoms with Gasteiger partial charge in [-0.1, -0.05) is 6.07 Å². The normalized spacial score (nSPS) is 10.3. The first-order valence-corrected chi connectivity index (χ1v) is 6.86. The molecule has 0 amide bonds. The molecule has 1 aromatic carbocycles. The fraction of sp³-hybridized carbons (Fsp3) is 0.462. The van der Waals surface area contributed by atoms with Crippen molar-refractivity contribution in [2.45, 2.75) is 18.2 Å². The first-order chi connectivity index (χ1) is 8.70. The van der Waals surface area contributed by atoms with Crippen molar-refractivity contribution in [3.05, 3.63) is 23.8 Å². The van der Waals surface area contributed by atoms with Crippen molar-refractivity contribution in [2.24, 2.45) is 0 Å². The Kier molecular flexibility index (Phi) is 6.60. The standard InChI is InChI=1S/C13H19NO3S/c1-3-17-13(15)10-6-4-7-11(12(10)14)18-9-5-8-16-2/h4,6-7H,3,5,8-9,14H2,1-2H3. The molecule has 5 heteroatoms. The van der Waals surface area contributed by atoms with E-state index >= 15 is 0 Å². The van der Waals surface area contributed by atoms with Gasteiger partial charge in [-0.2, -0.15) is 0 Å². The molecule has 0 aromatic heterocycles. The lowest BCUT2D eigenvalue weighted by molar-refractivity contribution is 0.0527. The SMILES string of the molecule is CCOC(=O)c1cccc(SCCCOC)c1N. The Labute approximate surface area is 112 Å². The number of ether oxygens (including phenoxy) is 2. The molecule has 2 N–H and O–H groups in total. The Morgan fingerprint density at radius 2 is 2.22 bits per heavy atom. The number of carbonyl (C=O) groups is 1. The number of nitrogens with two attached hydrogens (primary N) is 1. The van der Waals surface area contributed by atoms with E-state index < -0.39 is 0 Å². The first-order valence-electron chi connectivity index (χ1n) is 5.88. The second kappa shape index (κ2) is 8.00. The molecule has 0 heterocycles. The quantitative estimate of drug-likeness (QED) is 0.357. The molecular formula is C13H19NO3S. The Hall–Kier alpha value is -1.20. The fourth-order valence-electron chi connectivity index (χ4n) is 1.44. The highest BCUT2D eigenvalue weighted by Crippen LogP contribution is 2.28. The summed E-state index contributed by atoms with van der Waals surface area (Å²) >= 11 is 1.62. The van der Waals surface area contributed by atoms with Crippen LogP contribution in [-0.2, 0) is 9.47 Å². The number of carbonyl (C=O) groups excluding carboxylic acids is 1. The lowest BCUT2D eigenvalue weighted by Gasteiger charge is -2.09. The zero-order valence-electron chi connectivity index (χ0n) is 10.8. The second-order valence-corrected chi connectivity index (χ2v) is 4.77. The van der Waals surface area contributed by atoms with E-state index in [9.17, 15) is 4.79 Å². The molecule has 0 saturated heterocycles. The van der Waals surface area contributed by atoms with Crippen LogP contribution in [0.4, 0.5) is 5.69 Å². The van der Waals surface area contributed by atoms with Crippen LogP contribution in [0, 0.1) is 0 Å². The topological polar surface area (TPSA) is 61.5 Å². The van der Waals surface area contributed by atoms with E-state index in [1.807, 2.05) is 12.1 Å². The maximum atomic E-state index is 11.7. The zero-order chi connectivity index (χ0) is 13.4. The van der Waals surface area contributed by atoms with E-state index in [-0.39, 0.29) is 5.97 Å². The van der Waals surface area contributed by atoms with Gasteiger partial charge in [0.1, 0.15) is 0 Å². The molecule has 0 spiro atoms. The van der Waals surface area contributed by atoms with Gasteiger partial charge in [-0.25, -0.2) is 4.79 Å². The van der Waals surface area contributed by atoms with Gasteiger partial charge in [0.2, 0.25) is 0 Å². The van der Waals surface area contributed by atoms with Crippen molar-refractivity contribution in [1.82, 2.24) is 0 Å². The number of esters is 1. The number of nitrogen functional groups attached to an aromatic ring is 1. The summed E-state index contributed by atoms with van der Waals surface area (Å²) in [5.41, 5.74) is 6.91. The van der Waals surface area contributed by atoms with Crippen LogP contribution in [0.5, 0.6) is 0 Å². The number of hydrogen-bond donors (Lipinski definition) is 1. The Bertz CT molecular complexity index is 396. The number of hydrogen-bond acceptors (Lipinski definition) is 5. The second-order valence-electron chi connectivity index (χ2n) is 3.63. The van der Waals surface area contributed by atoms with E-state index in [0.717, 1.165) is 23.7 Å². The van der Waals surface area contributed by atoms with Crippen molar-refractivity contribution < 1.29 is 14.3 Å². The van der Waals surface area contributed by atoms with Crippen molar-refractivity contribution in [3.8, 4) is 0 Å². The van der Waals surface area contributed by atoms with Crippen LogP contribution in [-0.4, -0.2) is 32.0 Å². The van der Waals surface area contributed by atoms with Crippen molar-refractivity contribution in [3.63, 3.8) is 0 Å². The molecule has 4 nitrogen and oxygen atoms in total. The third-order valence-corrected chi connectivity index (χ3v) is 3.47. The average molecular weight is 269 g/mol. The van der Waals surface area contributed by atoms with Crippen LogP contribution in [0.1, 0.15) is 23.7 Å². The van der Waals surface area contributed by atoms with Crippen molar-refractivity contribution >= 4 is 23.4 Å². The van der Waals surface area contributed by atoms with Gasteiger partial charge in [-0.05, 0) is 25.5 Å². The van der Waals surface area contributed by atoms with E-state index in [1.54, 1.807) is 31.9 Å². The van der Waals surface area contributed by atoms with E-state index in [2.05, 4.69) is 0 Å². The van der Waals surface area contributed by atoms with Gasteiger partial charge in [0.15, 0.2) is 0 Å². The van der Waals surface area contributed by atoms with Crippen LogP contribution in [0.25, 0.3) is 0 Å². The van der Waals surface area contributed by atoms with E-state index in [0.29, 0.717) is 17.9 Å². The van der Waals surface area contributed by atoms with Crippen LogP contribution < -0.4 is 5.73 Å². The number of methoxy groups -OCH3 is 1. The lowest BCUT2D eigenvalue weighted by atomic mass is 10.2. The van der Waals surface area contributed by atoms with Crippen LogP contribution >= 0.6 is 11.8 Å². The highest BCUT2D eigenvalue weighted by Gasteiger charge is 2.13. The molecule has 0 aliphatic carbocycles. The Morgan fingerprint density at radius 3 is 2.89 bits per heavy atom. The van der Waals surface area contributed by atoms with Gasteiger partial charge >= 0.3 is 5.97 Å². The van der Waals surface area contributed by atoms with Crippen molar-refractivity contribution in [1.29, 1.82) is 0 Å². The van der Waals surface area contributed by atoms with Crippen molar-refractivity contribution in [2.75, 3.05) is 31.8 Å². The summed E-state index contributed by atoms with van der Waals surface area (Å²) in [6.07, 6.45) is 0.949. The molecule has 0 atom stereocenters. The third kappa shape index (κ3) is 4.23. The molecule has 0 unspecified atom stereocenters. The monoisotopic (exact) mass is 269 g/mol. The minimum absolute atomic E-state index is 0.351. The maximum absolute atomic E-state index is 11.7. The molecule has 1 rings (SSSR count). The molecule has 1 aromatic rings. The summed E-state index contributed by atoms with van der Waals surface area (Å²) in [6, 6.07) is 5.42. The average Bonchev–Trinajstić information content (AvgIpc) is 2.36. The highest BCUT2D eigenvalue weighted by atomic mass is 32.2. The van der Waals surface area contributed by atoms with Crippen LogP contribution in [0.2, 0.25) is 0 Å². The van der Waals surface area contributed by atoms with Gasteiger partial charge < -0.3 is 15.2 Å². The number of para-hydroxylation sites is 1. The maximum Gasteiger partial charge on any atom is 0.340 e. The van der Waals surface area contributed by atoms with Crippen LogP contribution in [0.3, 0.4) is 0 Å². The summed E-state index contributed by atoms with van der Waals surface area (Å²) in [4.78, 5) is 12.6. The summed E-state index contributed by atoms with van der Waals surface area (Å²) in [6.45, 7) is 2.85. The highest BCUT2D eigenvalue weighted by molar-refractivity contribution is 7.99. The minimum Gasteiger partial charge on any atom is -0.462 e. The van der Waals surface area contributed by atoms with Crippen LogP contribution in [0.15, 0.2) is 23.1 Å². The summed E-state index contributed by atoms with van der Waals surface area (Å²) in [5.74, 6) is 0.541.